The second kappa shape index (κ2) is 14.0. The molecule has 0 atom stereocenters. The second-order valence-electron chi connectivity index (χ2n) is 13.6. The van der Waals surface area contributed by atoms with Crippen LogP contribution in [0.15, 0.2) is 176 Å². The Morgan fingerprint density at radius 1 is 0.545 bits per heavy atom. The molecule has 5 nitrogen and oxygen atoms in total. The first-order valence-corrected chi connectivity index (χ1v) is 18.1. The topological polar surface area (TPSA) is 55.4 Å². The first kappa shape index (κ1) is 34.2. The quantitative estimate of drug-likeness (QED) is 0.169. The van der Waals surface area contributed by atoms with E-state index in [4.69, 9.17) is 9.97 Å². The van der Waals surface area contributed by atoms with Crippen molar-refractivity contribution in [1.82, 2.24) is 18.9 Å². The maximum absolute atomic E-state index is 10.9. The number of aromatic hydroxyl groups is 1. The third kappa shape index (κ3) is 6.03. The molecule has 0 unspecified atom stereocenters. The van der Waals surface area contributed by atoms with Gasteiger partial charge in [0.15, 0.2) is 0 Å². The van der Waals surface area contributed by atoms with Crippen LogP contribution in [0.2, 0.25) is 0 Å². The van der Waals surface area contributed by atoms with Crippen molar-refractivity contribution in [2.24, 2.45) is 0 Å². The number of hydrogen-bond acceptors (Lipinski definition) is 3. The molecule has 0 radical (unpaired) electrons. The Kier molecular flexibility index (Phi) is 8.73. The van der Waals surface area contributed by atoms with Crippen molar-refractivity contribution < 1.29 is 26.2 Å². The average molecular weight is 889 g/mol. The summed E-state index contributed by atoms with van der Waals surface area (Å²) in [5, 5.41) is 13.3. The molecule has 0 aliphatic heterocycles. The molecule has 0 bridgehead atoms. The number of para-hydroxylation sites is 3. The SMILES string of the molecule is Cc1cccc(-c2cc(-c3[c-]c(-c4nc5ccccn5c4-c4cccc(-n5c6ccccc6c6ccccc65)c4)ccc3)nc(-c3ccccc3O)c2)c1.[Pt]. The third-order valence-corrected chi connectivity index (χ3v) is 10.2. The van der Waals surface area contributed by atoms with Crippen molar-refractivity contribution in [1.29, 1.82) is 0 Å². The zero-order valence-electron chi connectivity index (χ0n) is 29.8. The first-order chi connectivity index (χ1) is 26.6. The predicted molar refractivity (Wildman–Crippen MR) is 220 cm³/mol. The minimum absolute atomic E-state index is 0. The number of aryl methyl sites for hydroxylation is 1. The van der Waals surface area contributed by atoms with Crippen molar-refractivity contribution in [2.45, 2.75) is 6.92 Å². The van der Waals surface area contributed by atoms with E-state index in [1.807, 2.05) is 54.6 Å². The van der Waals surface area contributed by atoms with Gasteiger partial charge in [0.1, 0.15) is 11.4 Å². The van der Waals surface area contributed by atoms with Crippen molar-refractivity contribution in [3.63, 3.8) is 0 Å². The van der Waals surface area contributed by atoms with Crippen LogP contribution in [0.3, 0.4) is 0 Å². The van der Waals surface area contributed by atoms with Gasteiger partial charge in [0, 0.05) is 66.4 Å². The summed E-state index contributed by atoms with van der Waals surface area (Å²) in [5.41, 5.74) is 14.2. The van der Waals surface area contributed by atoms with Gasteiger partial charge in [-0.2, -0.15) is 0 Å². The van der Waals surface area contributed by atoms with Gasteiger partial charge in [-0.25, -0.2) is 0 Å². The number of imidazole rings is 1. The van der Waals surface area contributed by atoms with E-state index >= 15 is 0 Å². The smallest absolute Gasteiger partial charge is 0.129 e. The van der Waals surface area contributed by atoms with Crippen LogP contribution in [-0.2, 0) is 21.1 Å². The zero-order valence-corrected chi connectivity index (χ0v) is 32.1. The molecule has 0 fully saturated rings. The largest absolute Gasteiger partial charge is 0.507 e. The maximum Gasteiger partial charge on any atom is 0.129 e. The summed E-state index contributed by atoms with van der Waals surface area (Å²) in [5.74, 6) is 0.188. The molecule has 1 N–H and O–H groups in total. The number of phenols is 1. The molecule has 0 saturated carbocycles. The summed E-state index contributed by atoms with van der Waals surface area (Å²) in [7, 11) is 0. The number of phenolic OH excluding ortho intramolecular Hbond substituents is 1. The number of nitrogens with zero attached hydrogens (tertiary/aromatic N) is 4. The fourth-order valence-electron chi connectivity index (χ4n) is 7.70. The molecule has 266 valence electrons. The van der Waals surface area contributed by atoms with Gasteiger partial charge in [0.2, 0.25) is 0 Å². The number of benzene rings is 6. The van der Waals surface area contributed by atoms with Crippen LogP contribution in [0.25, 0.3) is 89.3 Å². The molecule has 0 aliphatic carbocycles. The second-order valence-corrected chi connectivity index (χ2v) is 13.6. The Hall–Kier alpha value is -6.55. The van der Waals surface area contributed by atoms with Crippen molar-refractivity contribution in [3.8, 4) is 67.6 Å². The molecule has 4 aromatic heterocycles. The monoisotopic (exact) mass is 888 g/mol. The third-order valence-electron chi connectivity index (χ3n) is 10.2. The van der Waals surface area contributed by atoms with E-state index < -0.39 is 0 Å². The van der Waals surface area contributed by atoms with Gasteiger partial charge in [0.25, 0.3) is 0 Å². The van der Waals surface area contributed by atoms with E-state index in [9.17, 15) is 5.11 Å². The Morgan fingerprint density at radius 3 is 2.02 bits per heavy atom. The van der Waals surface area contributed by atoms with Crippen LogP contribution in [0.5, 0.6) is 5.75 Å². The summed E-state index contributed by atoms with van der Waals surface area (Å²) >= 11 is 0. The number of aromatic nitrogens is 4. The molecule has 10 aromatic rings. The van der Waals surface area contributed by atoms with Crippen LogP contribution < -0.4 is 0 Å². The number of fused-ring (bicyclic) bond motifs is 4. The summed E-state index contributed by atoms with van der Waals surface area (Å²) in [6.45, 7) is 2.10. The minimum atomic E-state index is 0. The molecule has 10 rings (SSSR count). The van der Waals surface area contributed by atoms with Gasteiger partial charge in [0.05, 0.1) is 16.7 Å². The van der Waals surface area contributed by atoms with Gasteiger partial charge >= 0.3 is 0 Å². The Morgan fingerprint density at radius 2 is 1.22 bits per heavy atom. The van der Waals surface area contributed by atoms with Gasteiger partial charge in [-0.1, -0.05) is 114 Å². The van der Waals surface area contributed by atoms with Gasteiger partial charge in [-0.05, 0) is 78.2 Å². The Labute approximate surface area is 333 Å². The summed E-state index contributed by atoms with van der Waals surface area (Å²) in [6, 6.07) is 61.8. The average Bonchev–Trinajstić information content (AvgIpc) is 3.78. The molecular formula is C49H33N4OPt-. The van der Waals surface area contributed by atoms with Gasteiger partial charge in [-0.15, -0.1) is 24.3 Å². The van der Waals surface area contributed by atoms with Crippen LogP contribution in [0, 0.1) is 13.0 Å². The summed E-state index contributed by atoms with van der Waals surface area (Å²) in [6.07, 6.45) is 2.07. The molecule has 6 heteroatoms. The van der Waals surface area contributed by atoms with E-state index in [0.29, 0.717) is 11.3 Å². The summed E-state index contributed by atoms with van der Waals surface area (Å²) in [4.78, 5) is 10.3. The number of pyridine rings is 2. The molecule has 0 spiro atoms. The van der Waals surface area contributed by atoms with Crippen LogP contribution in [0.1, 0.15) is 5.56 Å². The van der Waals surface area contributed by atoms with Gasteiger partial charge < -0.3 is 14.1 Å². The first-order valence-electron chi connectivity index (χ1n) is 18.1. The molecule has 0 saturated heterocycles. The molecule has 6 aromatic carbocycles. The molecule has 4 heterocycles. The molecule has 0 aliphatic rings. The standard InChI is InChI=1S/C49H33N4O.Pt/c1-32-13-10-14-33(27-32)37-30-42(50-43(31-37)41-21-4-7-24-46(41)54)34-15-11-16-35(28-34)48-49(52-26-9-8-25-47(52)51-48)36-17-12-18-38(29-36)53-44-22-5-2-19-39(44)40-20-3-6-23-45(40)53;/h2-27,29-31,54H,1H3;/q-1;. The van der Waals surface area contributed by atoms with Crippen LogP contribution >= 0.6 is 0 Å². The van der Waals surface area contributed by atoms with Crippen molar-refractivity contribution in [2.75, 3.05) is 0 Å². The van der Waals surface area contributed by atoms with Crippen LogP contribution in [-0.4, -0.2) is 24.0 Å². The fourth-order valence-corrected chi connectivity index (χ4v) is 7.70. The molecular weight excluding hydrogens is 856 g/mol. The van der Waals surface area contributed by atoms with Crippen molar-refractivity contribution >= 4 is 27.5 Å². The fraction of sp³-hybridized carbons (Fsp3) is 0.0204. The predicted octanol–water partition coefficient (Wildman–Crippen LogP) is 12.0. The Balaban J connectivity index is 0.00000397. The number of hydrogen-bond donors (Lipinski definition) is 1. The zero-order chi connectivity index (χ0) is 36.2. The normalized spacial score (nSPS) is 11.3. The Bertz CT molecular complexity index is 3000. The number of rotatable bonds is 6. The van der Waals surface area contributed by atoms with E-state index in [0.717, 1.165) is 56.2 Å². The van der Waals surface area contributed by atoms with E-state index in [-0.39, 0.29) is 26.8 Å². The maximum atomic E-state index is 10.9. The van der Waals surface area contributed by atoms with E-state index in [1.54, 1.807) is 6.07 Å². The molecule has 55 heavy (non-hydrogen) atoms. The molecule has 0 amide bonds. The summed E-state index contributed by atoms with van der Waals surface area (Å²) < 4.78 is 4.51. The van der Waals surface area contributed by atoms with Gasteiger partial charge in [-0.3, -0.25) is 9.97 Å². The van der Waals surface area contributed by atoms with Crippen LogP contribution in [0.4, 0.5) is 0 Å². The van der Waals surface area contributed by atoms with E-state index in [1.165, 1.54) is 27.4 Å². The van der Waals surface area contributed by atoms with E-state index in [2.05, 4.69) is 137 Å². The minimum Gasteiger partial charge on any atom is -0.507 e. The van der Waals surface area contributed by atoms with Crippen molar-refractivity contribution in [3.05, 3.63) is 188 Å².